The summed E-state index contributed by atoms with van der Waals surface area (Å²) >= 11 is 0. The van der Waals surface area contributed by atoms with E-state index in [9.17, 15) is 4.79 Å². The summed E-state index contributed by atoms with van der Waals surface area (Å²) in [7, 11) is 0. The summed E-state index contributed by atoms with van der Waals surface area (Å²) in [6.45, 7) is 7.60. The molecule has 0 amide bonds. The molecule has 2 N–H and O–H groups in total. The zero-order valence-electron chi connectivity index (χ0n) is 15.4. The van der Waals surface area contributed by atoms with Crippen LogP contribution in [0.15, 0.2) is 46.9 Å². The Hall–Kier alpha value is -2.66. The van der Waals surface area contributed by atoms with E-state index in [0.29, 0.717) is 19.0 Å². The largest absolute Gasteiger partial charge is 0.481 e. The van der Waals surface area contributed by atoms with Gasteiger partial charge >= 0.3 is 5.97 Å². The van der Waals surface area contributed by atoms with Gasteiger partial charge in [0.05, 0.1) is 6.42 Å². The Bertz CT molecular complexity index is 905. The lowest BCUT2D eigenvalue weighted by Gasteiger charge is -2.18. The first kappa shape index (κ1) is 18.1. The number of fused-ring (bicyclic) bond motifs is 1. The van der Waals surface area contributed by atoms with Crippen molar-refractivity contribution in [2.45, 2.75) is 39.2 Å². The van der Waals surface area contributed by atoms with Crippen molar-refractivity contribution < 1.29 is 14.3 Å². The van der Waals surface area contributed by atoms with Crippen LogP contribution >= 0.6 is 0 Å². The van der Waals surface area contributed by atoms with Gasteiger partial charge in [-0.25, -0.2) is 4.98 Å². The van der Waals surface area contributed by atoms with Crippen LogP contribution in [0.5, 0.6) is 0 Å². The summed E-state index contributed by atoms with van der Waals surface area (Å²) in [4.78, 5) is 15.1. The fraction of sp³-hybridized carbons (Fsp3) is 0.333. The third-order valence-electron chi connectivity index (χ3n) is 4.30. The van der Waals surface area contributed by atoms with Crippen LogP contribution in [0.2, 0.25) is 0 Å². The Morgan fingerprint density at radius 3 is 2.54 bits per heavy atom. The quantitative estimate of drug-likeness (QED) is 0.645. The normalized spacial score (nSPS) is 11.8. The molecule has 2 aromatic carbocycles. The van der Waals surface area contributed by atoms with Crippen molar-refractivity contribution in [1.29, 1.82) is 0 Å². The molecule has 1 aromatic heterocycles. The lowest BCUT2D eigenvalue weighted by Crippen LogP contribution is -2.17. The van der Waals surface area contributed by atoms with E-state index in [0.717, 1.165) is 22.2 Å². The van der Waals surface area contributed by atoms with Crippen molar-refractivity contribution >= 4 is 17.1 Å². The molecule has 1 heterocycles. The number of nitrogens with zero attached hydrogens (tertiary/aromatic N) is 1. The lowest BCUT2D eigenvalue weighted by molar-refractivity contribution is -0.136. The summed E-state index contributed by atoms with van der Waals surface area (Å²) in [6, 6.07) is 14.2. The number of carboxylic acids is 1. The second-order valence-corrected chi connectivity index (χ2v) is 7.47. The molecule has 0 spiro atoms. The van der Waals surface area contributed by atoms with E-state index in [-0.39, 0.29) is 11.8 Å². The topological polar surface area (TPSA) is 75.4 Å². The molecular weight excluding hydrogens is 328 g/mol. The molecule has 0 fully saturated rings. The second kappa shape index (κ2) is 7.30. The van der Waals surface area contributed by atoms with Gasteiger partial charge in [-0.05, 0) is 40.8 Å². The number of hydrogen-bond donors (Lipinski definition) is 2. The van der Waals surface area contributed by atoms with Crippen molar-refractivity contribution in [3.05, 3.63) is 53.6 Å². The number of aliphatic carboxylic acids is 1. The van der Waals surface area contributed by atoms with E-state index in [1.165, 1.54) is 5.56 Å². The van der Waals surface area contributed by atoms with Crippen LogP contribution in [0.3, 0.4) is 0 Å². The maximum Gasteiger partial charge on any atom is 0.304 e. The number of rotatable bonds is 6. The van der Waals surface area contributed by atoms with Crippen molar-refractivity contribution in [2.24, 2.45) is 0 Å². The van der Waals surface area contributed by atoms with Gasteiger partial charge < -0.3 is 14.8 Å². The van der Waals surface area contributed by atoms with Gasteiger partial charge in [0.25, 0.3) is 0 Å². The van der Waals surface area contributed by atoms with E-state index in [1.807, 2.05) is 30.3 Å². The molecule has 26 heavy (non-hydrogen) atoms. The van der Waals surface area contributed by atoms with Crippen LogP contribution in [0.25, 0.3) is 22.6 Å². The number of nitrogens with one attached hydrogen (secondary N) is 1. The van der Waals surface area contributed by atoms with E-state index in [4.69, 9.17) is 9.52 Å². The molecule has 0 radical (unpaired) electrons. The first-order valence-corrected chi connectivity index (χ1v) is 8.76. The number of carbonyl (C=O) groups is 1. The van der Waals surface area contributed by atoms with Gasteiger partial charge in [0.2, 0.25) is 5.89 Å². The molecule has 0 unspecified atom stereocenters. The van der Waals surface area contributed by atoms with Gasteiger partial charge in [-0.1, -0.05) is 39.0 Å². The lowest BCUT2D eigenvalue weighted by atomic mass is 9.87. The van der Waals surface area contributed by atoms with Crippen molar-refractivity contribution in [1.82, 2.24) is 10.3 Å². The number of aromatic nitrogens is 1. The van der Waals surface area contributed by atoms with Gasteiger partial charge in [-0.3, -0.25) is 4.79 Å². The highest BCUT2D eigenvalue weighted by molar-refractivity contribution is 5.77. The molecule has 0 aliphatic rings. The van der Waals surface area contributed by atoms with Gasteiger partial charge in [-0.15, -0.1) is 0 Å². The van der Waals surface area contributed by atoms with Crippen LogP contribution in [0, 0.1) is 0 Å². The summed E-state index contributed by atoms with van der Waals surface area (Å²) in [5, 5.41) is 11.8. The first-order valence-electron chi connectivity index (χ1n) is 8.76. The molecule has 0 saturated heterocycles. The molecule has 0 saturated carbocycles. The molecule has 136 valence electrons. The summed E-state index contributed by atoms with van der Waals surface area (Å²) < 4.78 is 5.93. The third kappa shape index (κ3) is 4.29. The Morgan fingerprint density at radius 1 is 1.15 bits per heavy atom. The van der Waals surface area contributed by atoms with Crippen molar-refractivity contribution in [3.8, 4) is 11.5 Å². The Kier molecular flexibility index (Phi) is 5.09. The average Bonchev–Trinajstić information content (AvgIpc) is 3.01. The molecule has 3 rings (SSSR count). The molecule has 0 bridgehead atoms. The fourth-order valence-electron chi connectivity index (χ4n) is 2.74. The van der Waals surface area contributed by atoms with Gasteiger partial charge in [0.1, 0.15) is 5.52 Å². The molecule has 5 heteroatoms. The predicted molar refractivity (Wildman–Crippen MR) is 102 cm³/mol. The fourth-order valence-corrected chi connectivity index (χ4v) is 2.74. The minimum Gasteiger partial charge on any atom is -0.481 e. The summed E-state index contributed by atoms with van der Waals surface area (Å²) in [6.07, 6.45) is 0.110. The number of hydrogen-bond acceptors (Lipinski definition) is 4. The van der Waals surface area contributed by atoms with Crippen LogP contribution in [0.1, 0.15) is 38.3 Å². The summed E-state index contributed by atoms with van der Waals surface area (Å²) in [5.74, 6) is -0.193. The molecule has 5 nitrogen and oxygen atoms in total. The highest BCUT2D eigenvalue weighted by atomic mass is 16.4. The number of oxazole rings is 1. The molecule has 3 aromatic rings. The number of carboxylic acid groups (broad SMARTS) is 1. The van der Waals surface area contributed by atoms with Crippen LogP contribution in [-0.4, -0.2) is 22.6 Å². The Balaban J connectivity index is 1.75. The smallest absolute Gasteiger partial charge is 0.304 e. The Labute approximate surface area is 153 Å². The highest BCUT2D eigenvalue weighted by Gasteiger charge is 2.14. The standard InChI is InChI=1S/C21H24N2O3/c1-21(2,3)16-7-5-15(6-8-16)20-23-17-9-4-14(12-18(17)26-20)13-22-11-10-19(24)25/h4-9,12,22H,10-11,13H2,1-3H3,(H,24,25). The Morgan fingerprint density at radius 2 is 1.88 bits per heavy atom. The second-order valence-electron chi connectivity index (χ2n) is 7.47. The zero-order valence-corrected chi connectivity index (χ0v) is 15.4. The highest BCUT2D eigenvalue weighted by Crippen LogP contribution is 2.28. The van der Waals surface area contributed by atoms with Crippen molar-refractivity contribution in [3.63, 3.8) is 0 Å². The van der Waals surface area contributed by atoms with E-state index < -0.39 is 5.97 Å². The predicted octanol–water partition coefficient (Wildman–Crippen LogP) is 4.36. The van der Waals surface area contributed by atoms with Crippen LogP contribution in [-0.2, 0) is 16.8 Å². The molecule has 0 aliphatic carbocycles. The van der Waals surface area contributed by atoms with E-state index >= 15 is 0 Å². The minimum atomic E-state index is -0.801. The molecule has 0 aliphatic heterocycles. The van der Waals surface area contributed by atoms with Gasteiger partial charge in [0, 0.05) is 18.7 Å². The molecule has 0 atom stereocenters. The van der Waals surface area contributed by atoms with Gasteiger partial charge in [0.15, 0.2) is 5.58 Å². The first-order chi connectivity index (χ1) is 12.3. The third-order valence-corrected chi connectivity index (χ3v) is 4.30. The zero-order chi connectivity index (χ0) is 18.7. The van der Waals surface area contributed by atoms with Crippen molar-refractivity contribution in [2.75, 3.05) is 6.54 Å². The average molecular weight is 352 g/mol. The van der Waals surface area contributed by atoms with Gasteiger partial charge in [-0.2, -0.15) is 0 Å². The SMILES string of the molecule is CC(C)(C)c1ccc(-c2nc3ccc(CNCCC(=O)O)cc3o2)cc1. The number of benzene rings is 2. The van der Waals surface area contributed by atoms with Crippen LogP contribution in [0.4, 0.5) is 0 Å². The van der Waals surface area contributed by atoms with E-state index in [1.54, 1.807) is 0 Å². The monoisotopic (exact) mass is 352 g/mol. The van der Waals surface area contributed by atoms with E-state index in [2.05, 4.69) is 43.2 Å². The van der Waals surface area contributed by atoms with Crippen LogP contribution < -0.4 is 5.32 Å². The maximum atomic E-state index is 10.5. The minimum absolute atomic E-state index is 0.110. The molecular formula is C21H24N2O3. The maximum absolute atomic E-state index is 10.5. The summed E-state index contributed by atoms with van der Waals surface area (Å²) in [5.41, 5.74) is 4.92.